The fourth-order valence-corrected chi connectivity index (χ4v) is 3.02. The molecule has 2 N–H and O–H groups in total. The molecule has 0 saturated heterocycles. The van der Waals surface area contributed by atoms with Crippen LogP contribution < -0.4 is 14.7 Å². The Bertz CT molecular complexity index is 882. The Hall–Kier alpha value is -2.93. The third kappa shape index (κ3) is 3.52. The third-order valence-electron chi connectivity index (χ3n) is 4.35. The molecule has 6 nitrogen and oxygen atoms in total. The van der Waals surface area contributed by atoms with Crippen LogP contribution in [0.1, 0.15) is 23.7 Å². The van der Waals surface area contributed by atoms with Crippen LogP contribution in [-0.4, -0.2) is 10.2 Å². The summed E-state index contributed by atoms with van der Waals surface area (Å²) in [4.78, 5) is 4.02. The van der Waals surface area contributed by atoms with E-state index in [4.69, 9.17) is 14.7 Å². The van der Waals surface area contributed by atoms with E-state index in [1.165, 1.54) is 17.8 Å². The highest BCUT2D eigenvalue weighted by atomic mass is 16.8. The van der Waals surface area contributed by atoms with Gasteiger partial charge in [0.25, 0.3) is 0 Å². The first kappa shape index (κ1) is 16.5. The second kappa shape index (κ2) is 7.13. The maximum Gasteiger partial charge on any atom is 0.219 e. The molecule has 1 aliphatic heterocycles. The van der Waals surface area contributed by atoms with E-state index in [9.17, 15) is 5.21 Å². The van der Waals surface area contributed by atoms with Crippen molar-refractivity contribution in [2.45, 2.75) is 18.9 Å². The molecule has 0 amide bonds. The Kier molecular flexibility index (Phi) is 4.53. The fraction of sp³-hybridized carbons (Fsp3) is 0.150. The predicted octanol–water partition coefficient (Wildman–Crippen LogP) is 3.34. The van der Waals surface area contributed by atoms with Crippen molar-refractivity contribution in [2.75, 3.05) is 0 Å². The smallest absolute Gasteiger partial charge is 0.219 e. The van der Waals surface area contributed by atoms with E-state index in [0.29, 0.717) is 11.6 Å². The molecule has 1 aromatic heterocycles. The van der Waals surface area contributed by atoms with Crippen LogP contribution in [0, 0.1) is 5.21 Å². The van der Waals surface area contributed by atoms with Crippen LogP contribution in [0.4, 0.5) is 5.69 Å². The van der Waals surface area contributed by atoms with Gasteiger partial charge in [-0.05, 0) is 42.2 Å². The summed E-state index contributed by atoms with van der Waals surface area (Å²) in [6.45, 7) is 0. The molecule has 0 aliphatic carbocycles. The SMILES string of the molecule is [O-][NH+](O)c1ccc(Oc2ccc3c(c2)CCC(c2ccccc2)O3)nc1. The molecular weight excluding hydrogens is 332 g/mol. The molecule has 132 valence electrons. The van der Waals surface area contributed by atoms with Gasteiger partial charge in [-0.15, -0.1) is 0 Å². The standard InChI is InChI=1S/C20H18N2O4/c23-22(24)16-7-11-20(21-13-16)25-17-8-10-19-15(12-17)6-9-18(26-19)14-4-2-1-3-5-14/h1-5,7-8,10-13,18,22-23H,6,9H2. The number of hydrogen-bond acceptors (Lipinski definition) is 5. The number of pyridine rings is 1. The first-order valence-corrected chi connectivity index (χ1v) is 8.41. The lowest BCUT2D eigenvalue weighted by Crippen LogP contribution is -2.99. The molecule has 0 fully saturated rings. The molecule has 26 heavy (non-hydrogen) atoms. The number of benzene rings is 2. The van der Waals surface area contributed by atoms with E-state index in [-0.39, 0.29) is 11.8 Å². The highest BCUT2D eigenvalue weighted by Gasteiger charge is 2.21. The fourth-order valence-electron chi connectivity index (χ4n) is 3.02. The summed E-state index contributed by atoms with van der Waals surface area (Å²) in [6.07, 6.45) is 3.16. The van der Waals surface area contributed by atoms with Crippen molar-refractivity contribution in [1.82, 2.24) is 4.98 Å². The van der Waals surface area contributed by atoms with Gasteiger partial charge >= 0.3 is 0 Å². The molecule has 0 spiro atoms. The summed E-state index contributed by atoms with van der Waals surface area (Å²) < 4.78 is 11.9. The number of hydrogen-bond donors (Lipinski definition) is 2. The van der Waals surface area contributed by atoms with Crippen molar-refractivity contribution >= 4 is 5.69 Å². The minimum Gasteiger partial charge on any atom is -0.595 e. The van der Waals surface area contributed by atoms with Crippen molar-refractivity contribution in [3.8, 4) is 17.4 Å². The van der Waals surface area contributed by atoms with Crippen LogP contribution in [0.3, 0.4) is 0 Å². The summed E-state index contributed by atoms with van der Waals surface area (Å²) in [7, 11) is 0. The molecule has 0 radical (unpaired) electrons. The van der Waals surface area contributed by atoms with Gasteiger partial charge in [0.1, 0.15) is 17.6 Å². The monoisotopic (exact) mass is 350 g/mol. The van der Waals surface area contributed by atoms with Gasteiger partial charge in [-0.1, -0.05) is 30.3 Å². The van der Waals surface area contributed by atoms with E-state index in [0.717, 1.165) is 24.2 Å². The zero-order valence-electron chi connectivity index (χ0n) is 14.0. The largest absolute Gasteiger partial charge is 0.595 e. The first-order chi connectivity index (χ1) is 12.7. The molecular formula is C20H18N2O4. The second-order valence-corrected chi connectivity index (χ2v) is 6.12. The third-order valence-corrected chi connectivity index (χ3v) is 4.35. The molecule has 2 atom stereocenters. The number of fused-ring (bicyclic) bond motifs is 1. The molecule has 0 saturated carbocycles. The first-order valence-electron chi connectivity index (χ1n) is 8.41. The minimum atomic E-state index is -1.01. The van der Waals surface area contributed by atoms with Crippen molar-refractivity contribution in [3.63, 3.8) is 0 Å². The Balaban J connectivity index is 1.48. The topological polar surface area (TPSA) is 79.1 Å². The average Bonchev–Trinajstić information content (AvgIpc) is 2.69. The van der Waals surface area contributed by atoms with Gasteiger partial charge in [0, 0.05) is 12.1 Å². The van der Waals surface area contributed by atoms with Gasteiger partial charge in [-0.25, -0.2) is 10.2 Å². The maximum atomic E-state index is 10.9. The Morgan fingerprint density at radius 2 is 1.96 bits per heavy atom. The highest BCUT2D eigenvalue weighted by Crippen LogP contribution is 2.37. The van der Waals surface area contributed by atoms with Gasteiger partial charge in [0.05, 0.1) is 6.20 Å². The van der Waals surface area contributed by atoms with Crippen LogP contribution in [0.2, 0.25) is 0 Å². The zero-order chi connectivity index (χ0) is 17.9. The molecule has 4 rings (SSSR count). The van der Waals surface area contributed by atoms with Gasteiger partial charge in [-0.3, -0.25) is 0 Å². The number of rotatable bonds is 4. The number of quaternary nitrogens is 1. The molecule has 2 heterocycles. The van der Waals surface area contributed by atoms with E-state index in [1.54, 1.807) is 6.07 Å². The summed E-state index contributed by atoms with van der Waals surface area (Å²) in [5.41, 5.74) is 2.40. The maximum absolute atomic E-state index is 10.9. The molecule has 3 aromatic rings. The molecule has 0 bridgehead atoms. The van der Waals surface area contributed by atoms with Crippen LogP contribution in [0.5, 0.6) is 17.4 Å². The van der Waals surface area contributed by atoms with Crippen LogP contribution in [0.15, 0.2) is 66.9 Å². The van der Waals surface area contributed by atoms with Crippen LogP contribution in [-0.2, 0) is 6.42 Å². The van der Waals surface area contributed by atoms with Gasteiger partial charge in [0.2, 0.25) is 5.88 Å². The van der Waals surface area contributed by atoms with Gasteiger partial charge in [0.15, 0.2) is 5.69 Å². The highest BCUT2D eigenvalue weighted by molar-refractivity contribution is 5.43. The van der Waals surface area contributed by atoms with Gasteiger partial charge in [-0.2, -0.15) is 5.23 Å². The summed E-state index contributed by atoms with van der Waals surface area (Å²) >= 11 is 0. The summed E-state index contributed by atoms with van der Waals surface area (Å²) in [6, 6.07) is 18.9. The van der Waals surface area contributed by atoms with Gasteiger partial charge < -0.3 is 14.7 Å². The number of aryl methyl sites for hydroxylation is 1. The lowest BCUT2D eigenvalue weighted by atomic mass is 9.97. The Morgan fingerprint density at radius 1 is 1.12 bits per heavy atom. The molecule has 6 heteroatoms. The van der Waals surface area contributed by atoms with E-state index >= 15 is 0 Å². The van der Waals surface area contributed by atoms with Crippen LogP contribution in [0.25, 0.3) is 0 Å². The number of nitrogens with one attached hydrogen (secondary N) is 1. The lowest BCUT2D eigenvalue weighted by molar-refractivity contribution is -0.991. The second-order valence-electron chi connectivity index (χ2n) is 6.12. The lowest BCUT2D eigenvalue weighted by Gasteiger charge is -2.26. The van der Waals surface area contributed by atoms with E-state index < -0.39 is 5.23 Å². The summed E-state index contributed by atoms with van der Waals surface area (Å²) in [5.74, 6) is 1.88. The normalized spacial score (nSPS) is 17.1. The summed E-state index contributed by atoms with van der Waals surface area (Å²) in [5, 5.41) is 18.8. The van der Waals surface area contributed by atoms with Crippen LogP contribution >= 0.6 is 0 Å². The zero-order valence-corrected chi connectivity index (χ0v) is 14.0. The minimum absolute atomic E-state index is 0.0701. The number of aromatic nitrogens is 1. The van der Waals surface area contributed by atoms with Crippen molar-refractivity contribution in [3.05, 3.63) is 83.2 Å². The van der Waals surface area contributed by atoms with Crippen molar-refractivity contribution in [2.24, 2.45) is 0 Å². The number of nitrogens with zero attached hydrogens (tertiary/aromatic N) is 1. The number of ether oxygens (including phenoxy) is 2. The van der Waals surface area contributed by atoms with Crippen molar-refractivity contribution in [1.29, 1.82) is 0 Å². The van der Waals surface area contributed by atoms with E-state index in [1.807, 2.05) is 36.4 Å². The molecule has 2 unspecified atom stereocenters. The molecule has 2 aromatic carbocycles. The predicted molar refractivity (Wildman–Crippen MR) is 94.7 cm³/mol. The Labute approximate surface area is 150 Å². The Morgan fingerprint density at radius 3 is 2.69 bits per heavy atom. The quantitative estimate of drug-likeness (QED) is 0.706. The van der Waals surface area contributed by atoms with Crippen molar-refractivity contribution < 1.29 is 19.9 Å². The average molecular weight is 350 g/mol. The van der Waals surface area contributed by atoms with E-state index in [2.05, 4.69) is 17.1 Å². The molecule has 1 aliphatic rings.